The van der Waals surface area contributed by atoms with Gasteiger partial charge < -0.3 is 9.64 Å². The van der Waals surface area contributed by atoms with E-state index in [4.69, 9.17) is 4.74 Å². The summed E-state index contributed by atoms with van der Waals surface area (Å²) in [6.07, 6.45) is 11.9. The minimum absolute atomic E-state index is 0.201. The van der Waals surface area contributed by atoms with Crippen molar-refractivity contribution < 1.29 is 4.74 Å². The summed E-state index contributed by atoms with van der Waals surface area (Å²) in [7, 11) is 6.04. The molecular weight excluding hydrogens is 246 g/mol. The molecule has 0 saturated carbocycles. The predicted molar refractivity (Wildman–Crippen MR) is 84.9 cm³/mol. The Kier molecular flexibility index (Phi) is 5.16. The number of methoxy groups -OCH3 is 1. The largest absolute Gasteiger partial charge is 0.372 e. The zero-order chi connectivity index (χ0) is 14.4. The number of benzene rings is 1. The summed E-state index contributed by atoms with van der Waals surface area (Å²) in [5, 5.41) is 0. The highest BCUT2D eigenvalue weighted by Crippen LogP contribution is 2.30. The highest BCUT2D eigenvalue weighted by atomic mass is 16.5. The van der Waals surface area contributed by atoms with E-state index in [9.17, 15) is 0 Å². The van der Waals surface area contributed by atoms with E-state index in [1.165, 1.54) is 5.56 Å². The number of hydrogen-bond donors (Lipinski definition) is 0. The van der Waals surface area contributed by atoms with Crippen LogP contribution in [0.3, 0.4) is 0 Å². The molecule has 2 atom stereocenters. The van der Waals surface area contributed by atoms with Crippen molar-refractivity contribution in [2.75, 3.05) is 21.2 Å². The first-order chi connectivity index (χ1) is 9.68. The van der Waals surface area contributed by atoms with E-state index in [0.717, 1.165) is 19.3 Å². The Morgan fingerprint density at radius 3 is 2.55 bits per heavy atom. The van der Waals surface area contributed by atoms with E-state index in [0.29, 0.717) is 6.04 Å². The van der Waals surface area contributed by atoms with E-state index >= 15 is 0 Å². The molecule has 1 aromatic carbocycles. The first-order valence-corrected chi connectivity index (χ1v) is 7.29. The molecule has 0 amide bonds. The van der Waals surface area contributed by atoms with Crippen molar-refractivity contribution in [3.63, 3.8) is 0 Å². The molecule has 2 nitrogen and oxygen atoms in total. The minimum atomic E-state index is -0.201. The van der Waals surface area contributed by atoms with Gasteiger partial charge in [0.2, 0.25) is 0 Å². The van der Waals surface area contributed by atoms with Crippen LogP contribution in [0.15, 0.2) is 54.6 Å². The Balaban J connectivity index is 2.00. The van der Waals surface area contributed by atoms with Gasteiger partial charge in [-0.05, 0) is 38.9 Å². The normalized spacial score (nSPS) is 25.3. The molecule has 1 aliphatic rings. The summed E-state index contributed by atoms with van der Waals surface area (Å²) in [5.41, 5.74) is 1.20. The average molecular weight is 271 g/mol. The molecule has 20 heavy (non-hydrogen) atoms. The first-order valence-electron chi connectivity index (χ1n) is 7.29. The number of aryl methyl sites for hydroxylation is 1. The second-order valence-corrected chi connectivity index (χ2v) is 5.65. The second-order valence-electron chi connectivity index (χ2n) is 5.65. The highest BCUT2D eigenvalue weighted by Gasteiger charge is 2.37. The molecular formula is C18H25NO. The molecule has 0 N–H and O–H groups in total. The molecule has 0 saturated heterocycles. The van der Waals surface area contributed by atoms with Gasteiger partial charge in [-0.2, -0.15) is 0 Å². The van der Waals surface area contributed by atoms with Crippen LogP contribution in [0, 0.1) is 0 Å². The third-order valence-electron chi connectivity index (χ3n) is 4.10. The van der Waals surface area contributed by atoms with Crippen molar-refractivity contribution >= 4 is 0 Å². The highest BCUT2D eigenvalue weighted by molar-refractivity contribution is 5.25. The third-order valence-corrected chi connectivity index (χ3v) is 4.10. The van der Waals surface area contributed by atoms with Gasteiger partial charge in [0.05, 0.1) is 6.04 Å². The standard InChI is InChI=1S/C18H25NO/c1-19(2)17-13-7-8-14-18(17,20-3)15-9-12-16-10-5-4-6-11-16/h4-8,10-11,13-14,17H,9,12,15H2,1-3H3. The van der Waals surface area contributed by atoms with Gasteiger partial charge >= 0.3 is 0 Å². The zero-order valence-electron chi connectivity index (χ0n) is 12.8. The van der Waals surface area contributed by atoms with Crippen LogP contribution in [0.5, 0.6) is 0 Å². The lowest BCUT2D eigenvalue weighted by Crippen LogP contribution is -2.50. The predicted octanol–water partition coefficient (Wildman–Crippen LogP) is 3.45. The van der Waals surface area contributed by atoms with Crippen molar-refractivity contribution in [2.45, 2.75) is 30.9 Å². The molecule has 108 valence electrons. The van der Waals surface area contributed by atoms with Gasteiger partial charge in [-0.1, -0.05) is 54.6 Å². The maximum absolute atomic E-state index is 5.91. The minimum Gasteiger partial charge on any atom is -0.372 e. The third kappa shape index (κ3) is 3.38. The van der Waals surface area contributed by atoms with Gasteiger partial charge in [-0.15, -0.1) is 0 Å². The number of rotatable bonds is 6. The topological polar surface area (TPSA) is 12.5 Å². The molecule has 0 spiro atoms. The Labute approximate surface area is 122 Å². The monoisotopic (exact) mass is 271 g/mol. The summed E-state index contributed by atoms with van der Waals surface area (Å²) >= 11 is 0. The van der Waals surface area contributed by atoms with Crippen molar-refractivity contribution in [1.82, 2.24) is 4.90 Å². The van der Waals surface area contributed by atoms with Crippen LogP contribution >= 0.6 is 0 Å². The number of ether oxygens (including phenoxy) is 1. The molecule has 0 aromatic heterocycles. The number of allylic oxidation sites excluding steroid dienone is 2. The van der Waals surface area contributed by atoms with E-state index < -0.39 is 0 Å². The molecule has 0 bridgehead atoms. The molecule has 0 aliphatic heterocycles. The molecule has 2 rings (SSSR count). The van der Waals surface area contributed by atoms with Crippen molar-refractivity contribution in [1.29, 1.82) is 0 Å². The van der Waals surface area contributed by atoms with Crippen molar-refractivity contribution in [3.05, 3.63) is 60.2 Å². The van der Waals surface area contributed by atoms with E-state index in [1.807, 2.05) is 7.11 Å². The maximum Gasteiger partial charge on any atom is 0.105 e. The quantitative estimate of drug-likeness (QED) is 0.785. The number of nitrogens with zero attached hydrogens (tertiary/aromatic N) is 1. The molecule has 1 aliphatic carbocycles. The number of likely N-dealkylation sites (N-methyl/N-ethyl adjacent to an activating group) is 1. The van der Waals surface area contributed by atoms with Crippen molar-refractivity contribution in [3.8, 4) is 0 Å². The lowest BCUT2D eigenvalue weighted by molar-refractivity contribution is -0.0231. The van der Waals surface area contributed by atoms with E-state index in [-0.39, 0.29) is 5.60 Å². The lowest BCUT2D eigenvalue weighted by Gasteiger charge is -2.41. The van der Waals surface area contributed by atoms with Crippen LogP contribution in [-0.2, 0) is 11.2 Å². The molecule has 1 aromatic rings. The van der Waals surface area contributed by atoms with Crippen LogP contribution < -0.4 is 0 Å². The van der Waals surface area contributed by atoms with Crippen LogP contribution in [0.4, 0.5) is 0 Å². The SMILES string of the molecule is COC1(CCCc2ccccc2)C=CC=CC1N(C)C. The van der Waals surface area contributed by atoms with Crippen LogP contribution in [-0.4, -0.2) is 37.7 Å². The smallest absolute Gasteiger partial charge is 0.105 e. The molecule has 0 fully saturated rings. The molecule has 0 radical (unpaired) electrons. The fourth-order valence-electron chi connectivity index (χ4n) is 2.99. The number of hydrogen-bond acceptors (Lipinski definition) is 2. The zero-order valence-corrected chi connectivity index (χ0v) is 12.8. The molecule has 2 unspecified atom stereocenters. The summed E-state index contributed by atoms with van der Waals surface area (Å²) < 4.78 is 5.91. The molecule has 0 heterocycles. The summed E-state index contributed by atoms with van der Waals surface area (Å²) in [6, 6.07) is 11.0. The van der Waals surface area contributed by atoms with Crippen LogP contribution in [0.2, 0.25) is 0 Å². The fourth-order valence-corrected chi connectivity index (χ4v) is 2.99. The van der Waals surface area contributed by atoms with Gasteiger partial charge in [0.1, 0.15) is 5.60 Å². The summed E-state index contributed by atoms with van der Waals surface area (Å²) in [4.78, 5) is 2.23. The van der Waals surface area contributed by atoms with Gasteiger partial charge in [0.25, 0.3) is 0 Å². The second kappa shape index (κ2) is 6.87. The summed E-state index contributed by atoms with van der Waals surface area (Å²) in [5.74, 6) is 0. The van der Waals surface area contributed by atoms with Gasteiger partial charge in [0.15, 0.2) is 0 Å². The Morgan fingerprint density at radius 2 is 1.90 bits per heavy atom. The van der Waals surface area contributed by atoms with E-state index in [2.05, 4.69) is 73.6 Å². The molecule has 2 heteroatoms. The first kappa shape index (κ1) is 15.0. The Bertz CT molecular complexity index is 464. The van der Waals surface area contributed by atoms with Crippen LogP contribution in [0.25, 0.3) is 0 Å². The maximum atomic E-state index is 5.91. The Hall–Kier alpha value is -1.38. The van der Waals surface area contributed by atoms with Gasteiger partial charge in [-0.25, -0.2) is 0 Å². The summed E-state index contributed by atoms with van der Waals surface area (Å²) in [6.45, 7) is 0. The average Bonchev–Trinajstić information content (AvgIpc) is 2.48. The fraction of sp³-hybridized carbons (Fsp3) is 0.444. The lowest BCUT2D eigenvalue weighted by atomic mass is 9.84. The van der Waals surface area contributed by atoms with Crippen LogP contribution in [0.1, 0.15) is 18.4 Å². The van der Waals surface area contributed by atoms with Crippen molar-refractivity contribution in [2.24, 2.45) is 0 Å². The van der Waals surface area contributed by atoms with Gasteiger partial charge in [-0.3, -0.25) is 0 Å². The Morgan fingerprint density at radius 1 is 1.15 bits per heavy atom. The van der Waals surface area contributed by atoms with Gasteiger partial charge in [0, 0.05) is 7.11 Å². The van der Waals surface area contributed by atoms with E-state index in [1.54, 1.807) is 0 Å².